The maximum atomic E-state index is 12.7. The first-order valence-corrected chi connectivity index (χ1v) is 7.38. The fraction of sp³-hybridized carbons (Fsp3) is 0.875. The summed E-state index contributed by atoms with van der Waals surface area (Å²) in [5.41, 5.74) is -0.978. The highest BCUT2D eigenvalue weighted by Crippen LogP contribution is 2.39. The van der Waals surface area contributed by atoms with Crippen LogP contribution in [0.3, 0.4) is 0 Å². The van der Waals surface area contributed by atoms with Crippen LogP contribution in [0, 0.1) is 23.2 Å². The van der Waals surface area contributed by atoms with Crippen molar-refractivity contribution >= 4 is 11.8 Å². The van der Waals surface area contributed by atoms with Crippen molar-refractivity contribution in [3.05, 3.63) is 0 Å². The number of esters is 1. The molecular weight excluding hydrogens is 240 g/mol. The number of carbonyl (C=O) groups is 2. The van der Waals surface area contributed by atoms with Crippen LogP contribution in [0.5, 0.6) is 0 Å². The summed E-state index contributed by atoms with van der Waals surface area (Å²) in [5, 5.41) is 0. The van der Waals surface area contributed by atoms with Crippen LogP contribution in [-0.2, 0) is 14.3 Å². The minimum atomic E-state index is -0.978. The molecule has 0 aromatic rings. The number of Topliss-reactive ketones (excluding diaryl/α,β-unsaturated/α-hetero) is 1. The van der Waals surface area contributed by atoms with Gasteiger partial charge in [0.1, 0.15) is 5.41 Å². The summed E-state index contributed by atoms with van der Waals surface area (Å²) in [4.78, 5) is 25.1. The van der Waals surface area contributed by atoms with Crippen LogP contribution in [0.4, 0.5) is 0 Å². The van der Waals surface area contributed by atoms with Crippen molar-refractivity contribution in [2.75, 3.05) is 6.61 Å². The van der Waals surface area contributed by atoms with E-state index in [1.165, 1.54) is 0 Å². The molecule has 0 rings (SSSR count). The van der Waals surface area contributed by atoms with Gasteiger partial charge in [-0.2, -0.15) is 0 Å². The SMILES string of the molecule is CCOC(=O)C(CC(C)C)(C(=O)CC(C)C)C(C)C. The molecule has 0 saturated carbocycles. The quantitative estimate of drug-likeness (QED) is 0.497. The lowest BCUT2D eigenvalue weighted by Crippen LogP contribution is -2.46. The van der Waals surface area contributed by atoms with Gasteiger partial charge in [-0.05, 0) is 31.1 Å². The summed E-state index contributed by atoms with van der Waals surface area (Å²) in [5.74, 6) is 0.185. The van der Waals surface area contributed by atoms with Gasteiger partial charge >= 0.3 is 5.97 Å². The number of carbonyl (C=O) groups excluding carboxylic acids is 2. The van der Waals surface area contributed by atoms with E-state index in [1.807, 2.05) is 41.5 Å². The zero-order chi connectivity index (χ0) is 15.2. The molecule has 0 saturated heterocycles. The molecule has 0 radical (unpaired) electrons. The smallest absolute Gasteiger partial charge is 0.319 e. The molecule has 3 heteroatoms. The highest BCUT2D eigenvalue weighted by molar-refractivity contribution is 6.04. The number of ketones is 1. The lowest BCUT2D eigenvalue weighted by Gasteiger charge is -2.35. The van der Waals surface area contributed by atoms with Crippen molar-refractivity contribution in [2.45, 2.75) is 61.3 Å². The second kappa shape index (κ2) is 7.66. The molecule has 1 unspecified atom stereocenters. The van der Waals surface area contributed by atoms with E-state index in [9.17, 15) is 9.59 Å². The topological polar surface area (TPSA) is 43.4 Å². The Morgan fingerprint density at radius 2 is 1.53 bits per heavy atom. The minimum Gasteiger partial charge on any atom is -0.465 e. The zero-order valence-corrected chi connectivity index (χ0v) is 13.6. The van der Waals surface area contributed by atoms with Gasteiger partial charge in [-0.1, -0.05) is 41.5 Å². The normalized spacial score (nSPS) is 14.8. The third-order valence-corrected chi connectivity index (χ3v) is 3.45. The summed E-state index contributed by atoms with van der Waals surface area (Å²) in [6.45, 7) is 14.1. The Labute approximate surface area is 118 Å². The van der Waals surface area contributed by atoms with Crippen molar-refractivity contribution in [2.24, 2.45) is 23.2 Å². The molecule has 0 spiro atoms. The van der Waals surface area contributed by atoms with Gasteiger partial charge in [0.05, 0.1) is 6.61 Å². The van der Waals surface area contributed by atoms with Gasteiger partial charge in [-0.25, -0.2) is 0 Å². The van der Waals surface area contributed by atoms with E-state index < -0.39 is 5.41 Å². The average Bonchev–Trinajstić information content (AvgIpc) is 2.23. The molecule has 0 aromatic heterocycles. The molecule has 3 nitrogen and oxygen atoms in total. The van der Waals surface area contributed by atoms with E-state index in [0.717, 1.165) is 0 Å². The highest BCUT2D eigenvalue weighted by Gasteiger charge is 2.49. The van der Waals surface area contributed by atoms with E-state index in [0.29, 0.717) is 19.4 Å². The summed E-state index contributed by atoms with van der Waals surface area (Å²) < 4.78 is 5.21. The number of rotatable bonds is 8. The molecule has 0 amide bonds. The van der Waals surface area contributed by atoms with Crippen LogP contribution >= 0.6 is 0 Å². The molecule has 1 atom stereocenters. The van der Waals surface area contributed by atoms with E-state index in [-0.39, 0.29) is 29.5 Å². The van der Waals surface area contributed by atoms with Crippen molar-refractivity contribution in [1.29, 1.82) is 0 Å². The lowest BCUT2D eigenvalue weighted by atomic mass is 9.67. The highest BCUT2D eigenvalue weighted by atomic mass is 16.5. The third kappa shape index (κ3) is 4.63. The number of hydrogen-bond acceptors (Lipinski definition) is 3. The van der Waals surface area contributed by atoms with Gasteiger partial charge in [-0.3, -0.25) is 9.59 Å². The summed E-state index contributed by atoms with van der Waals surface area (Å²) in [6, 6.07) is 0. The molecule has 0 aliphatic carbocycles. The van der Waals surface area contributed by atoms with Gasteiger partial charge in [0.2, 0.25) is 0 Å². The molecule has 0 fully saturated rings. The minimum absolute atomic E-state index is 0.0321. The molecule has 0 aromatic carbocycles. The van der Waals surface area contributed by atoms with Gasteiger partial charge in [-0.15, -0.1) is 0 Å². The summed E-state index contributed by atoms with van der Waals surface area (Å²) in [7, 11) is 0. The average molecular weight is 270 g/mol. The maximum Gasteiger partial charge on any atom is 0.319 e. The Hall–Kier alpha value is -0.860. The van der Waals surface area contributed by atoms with Crippen LogP contribution in [0.15, 0.2) is 0 Å². The van der Waals surface area contributed by atoms with Gasteiger partial charge in [0, 0.05) is 6.42 Å². The zero-order valence-electron chi connectivity index (χ0n) is 13.6. The van der Waals surface area contributed by atoms with E-state index in [1.54, 1.807) is 6.92 Å². The number of ether oxygens (including phenoxy) is 1. The Morgan fingerprint density at radius 3 is 1.84 bits per heavy atom. The molecule has 0 aliphatic rings. The van der Waals surface area contributed by atoms with Crippen LogP contribution in [0.1, 0.15) is 61.3 Å². The van der Waals surface area contributed by atoms with E-state index >= 15 is 0 Å². The van der Waals surface area contributed by atoms with Crippen LogP contribution < -0.4 is 0 Å². The van der Waals surface area contributed by atoms with Crippen molar-refractivity contribution in [3.8, 4) is 0 Å². The largest absolute Gasteiger partial charge is 0.465 e. The first kappa shape index (κ1) is 18.1. The fourth-order valence-corrected chi connectivity index (χ4v) is 2.56. The van der Waals surface area contributed by atoms with Crippen molar-refractivity contribution in [3.63, 3.8) is 0 Å². The number of hydrogen-bond donors (Lipinski definition) is 0. The molecular formula is C16H30O3. The Kier molecular flexibility index (Phi) is 7.32. The third-order valence-electron chi connectivity index (χ3n) is 3.45. The Bertz CT molecular complexity index is 305. The summed E-state index contributed by atoms with van der Waals surface area (Å²) >= 11 is 0. The van der Waals surface area contributed by atoms with Crippen LogP contribution in [0.25, 0.3) is 0 Å². The van der Waals surface area contributed by atoms with Crippen molar-refractivity contribution < 1.29 is 14.3 Å². The standard InChI is InChI=1S/C16H30O3/c1-8-19-15(18)16(13(6)7,10-12(4)5)14(17)9-11(2)3/h11-13H,8-10H2,1-7H3. The predicted octanol–water partition coefficient (Wildman–Crippen LogP) is 3.85. The van der Waals surface area contributed by atoms with E-state index in [2.05, 4.69) is 0 Å². The molecule has 0 N–H and O–H groups in total. The van der Waals surface area contributed by atoms with Crippen molar-refractivity contribution in [1.82, 2.24) is 0 Å². The van der Waals surface area contributed by atoms with Gasteiger partial charge in [0.25, 0.3) is 0 Å². The lowest BCUT2D eigenvalue weighted by molar-refractivity contribution is -0.165. The molecule has 19 heavy (non-hydrogen) atoms. The first-order chi connectivity index (χ1) is 8.68. The van der Waals surface area contributed by atoms with E-state index in [4.69, 9.17) is 4.74 Å². The molecule has 112 valence electrons. The summed E-state index contributed by atoms with van der Waals surface area (Å²) in [6.07, 6.45) is 0.999. The Balaban J connectivity index is 5.49. The Morgan fingerprint density at radius 1 is 1.00 bits per heavy atom. The predicted molar refractivity (Wildman–Crippen MR) is 77.8 cm³/mol. The van der Waals surface area contributed by atoms with Gasteiger partial charge < -0.3 is 4.74 Å². The van der Waals surface area contributed by atoms with Crippen LogP contribution in [0.2, 0.25) is 0 Å². The van der Waals surface area contributed by atoms with Gasteiger partial charge in [0.15, 0.2) is 5.78 Å². The molecule has 0 bridgehead atoms. The molecule has 0 aliphatic heterocycles. The second-order valence-electron chi connectivity index (χ2n) is 6.47. The second-order valence-corrected chi connectivity index (χ2v) is 6.47. The molecule has 0 heterocycles. The fourth-order valence-electron chi connectivity index (χ4n) is 2.56. The van der Waals surface area contributed by atoms with Crippen LogP contribution in [-0.4, -0.2) is 18.4 Å². The maximum absolute atomic E-state index is 12.7. The monoisotopic (exact) mass is 270 g/mol. The first-order valence-electron chi connectivity index (χ1n) is 7.38.